The van der Waals surface area contributed by atoms with E-state index >= 15 is 0 Å². The van der Waals surface area contributed by atoms with Crippen LogP contribution in [0.3, 0.4) is 0 Å². The van der Waals surface area contributed by atoms with Crippen molar-refractivity contribution in [1.29, 1.82) is 5.41 Å². The van der Waals surface area contributed by atoms with E-state index in [4.69, 9.17) is 19.6 Å². The van der Waals surface area contributed by atoms with Gasteiger partial charge in [-0.25, -0.2) is 0 Å². The second-order valence-corrected chi connectivity index (χ2v) is 2.33. The maximum absolute atomic E-state index is 7.24. The molecule has 0 radical (unpaired) electrons. The van der Waals surface area contributed by atoms with E-state index in [1.807, 2.05) is 13.8 Å². The molecule has 64 valence electrons. The Balaban J connectivity index is 2.07. The number of nitrogens with one attached hydrogen (secondary N) is 1. The van der Waals surface area contributed by atoms with Crippen molar-refractivity contribution < 1.29 is 14.2 Å². The fraction of sp³-hybridized carbons (Fsp3) is 0.857. The molecule has 1 heterocycles. The lowest BCUT2D eigenvalue weighted by Gasteiger charge is -2.33. The lowest BCUT2D eigenvalue weighted by atomic mass is 10.4. The third-order valence-electron chi connectivity index (χ3n) is 1.36. The molecule has 0 bridgehead atoms. The first-order valence-electron chi connectivity index (χ1n) is 3.73. The first kappa shape index (κ1) is 8.49. The molecule has 0 unspecified atom stereocenters. The zero-order valence-electron chi connectivity index (χ0n) is 6.79. The van der Waals surface area contributed by atoms with E-state index in [1.165, 1.54) is 0 Å². The molecule has 4 heteroatoms. The van der Waals surface area contributed by atoms with Crippen molar-refractivity contribution in [3.8, 4) is 0 Å². The highest BCUT2D eigenvalue weighted by Gasteiger charge is 2.28. The molecule has 11 heavy (non-hydrogen) atoms. The molecule has 0 spiro atoms. The van der Waals surface area contributed by atoms with Crippen LogP contribution in [0.1, 0.15) is 20.3 Å². The van der Waals surface area contributed by atoms with Crippen LogP contribution < -0.4 is 0 Å². The number of hydrogen-bond acceptors (Lipinski definition) is 4. The summed E-state index contributed by atoms with van der Waals surface area (Å²) in [6, 6.07) is 0. The monoisotopic (exact) mass is 159 g/mol. The second-order valence-electron chi connectivity index (χ2n) is 2.33. The van der Waals surface area contributed by atoms with E-state index in [2.05, 4.69) is 0 Å². The van der Waals surface area contributed by atoms with Crippen molar-refractivity contribution in [2.75, 3.05) is 6.61 Å². The van der Waals surface area contributed by atoms with Crippen LogP contribution >= 0.6 is 0 Å². The fourth-order valence-electron chi connectivity index (χ4n) is 0.918. The third-order valence-corrected chi connectivity index (χ3v) is 1.36. The minimum Gasteiger partial charge on any atom is -0.481 e. The van der Waals surface area contributed by atoms with E-state index in [-0.39, 0.29) is 18.5 Å². The first-order chi connectivity index (χ1) is 5.22. The summed E-state index contributed by atoms with van der Waals surface area (Å²) in [5.74, 6) is 0.226. The maximum Gasteiger partial charge on any atom is 0.185 e. The summed E-state index contributed by atoms with van der Waals surface area (Å²) in [7, 11) is 0. The first-order valence-corrected chi connectivity index (χ1v) is 3.73. The summed E-state index contributed by atoms with van der Waals surface area (Å²) < 4.78 is 15.1. The standard InChI is InChI=1S/C7H13NO3/c1-3-9-6(8)4-7-10-5(2)11-7/h5,7-8H,3-4H2,1-2H3. The van der Waals surface area contributed by atoms with E-state index in [1.54, 1.807) is 0 Å². The summed E-state index contributed by atoms with van der Waals surface area (Å²) in [4.78, 5) is 0. The Bertz CT molecular complexity index is 143. The Morgan fingerprint density at radius 1 is 1.55 bits per heavy atom. The van der Waals surface area contributed by atoms with Gasteiger partial charge in [-0.3, -0.25) is 5.41 Å². The second kappa shape index (κ2) is 3.69. The van der Waals surface area contributed by atoms with Crippen molar-refractivity contribution >= 4 is 5.90 Å². The quantitative estimate of drug-likeness (QED) is 0.495. The van der Waals surface area contributed by atoms with Gasteiger partial charge < -0.3 is 14.2 Å². The van der Waals surface area contributed by atoms with Gasteiger partial charge in [0.1, 0.15) is 0 Å². The van der Waals surface area contributed by atoms with Crippen LogP contribution in [0.4, 0.5) is 0 Å². The van der Waals surface area contributed by atoms with Crippen LogP contribution in [-0.2, 0) is 14.2 Å². The molecular weight excluding hydrogens is 146 g/mol. The number of hydrogen-bond donors (Lipinski definition) is 1. The Hall–Kier alpha value is -0.610. The average Bonchev–Trinajstić information content (AvgIpc) is 1.85. The predicted octanol–water partition coefficient (Wildman–Crippen LogP) is 1.11. The molecule has 4 nitrogen and oxygen atoms in total. The smallest absolute Gasteiger partial charge is 0.185 e. The largest absolute Gasteiger partial charge is 0.481 e. The van der Waals surface area contributed by atoms with Crippen molar-refractivity contribution in [3.05, 3.63) is 0 Å². The molecule has 1 aliphatic heterocycles. The third kappa shape index (κ3) is 2.48. The molecule has 1 N–H and O–H groups in total. The van der Waals surface area contributed by atoms with Gasteiger partial charge in [-0.15, -0.1) is 0 Å². The SMILES string of the molecule is CCOC(=N)CC1OC(C)O1. The van der Waals surface area contributed by atoms with Gasteiger partial charge in [-0.05, 0) is 13.8 Å². The Morgan fingerprint density at radius 2 is 2.18 bits per heavy atom. The Morgan fingerprint density at radius 3 is 2.64 bits per heavy atom. The molecular formula is C7H13NO3. The van der Waals surface area contributed by atoms with Crippen LogP contribution in [0, 0.1) is 5.41 Å². The van der Waals surface area contributed by atoms with Gasteiger partial charge in [-0.1, -0.05) is 0 Å². The molecule has 1 aliphatic rings. The zero-order valence-corrected chi connectivity index (χ0v) is 6.79. The molecule has 0 aromatic carbocycles. The molecule has 0 atom stereocenters. The summed E-state index contributed by atoms with van der Waals surface area (Å²) in [6.07, 6.45) is 0.0385. The molecule has 0 saturated carbocycles. The summed E-state index contributed by atoms with van der Waals surface area (Å²) in [5, 5.41) is 7.24. The van der Waals surface area contributed by atoms with E-state index in [0.29, 0.717) is 13.0 Å². The lowest BCUT2D eigenvalue weighted by molar-refractivity contribution is -0.373. The van der Waals surface area contributed by atoms with Crippen LogP contribution in [0.2, 0.25) is 0 Å². The van der Waals surface area contributed by atoms with Gasteiger partial charge in [0.15, 0.2) is 18.5 Å². The van der Waals surface area contributed by atoms with Crippen molar-refractivity contribution in [3.63, 3.8) is 0 Å². The van der Waals surface area contributed by atoms with Crippen molar-refractivity contribution in [2.24, 2.45) is 0 Å². The molecule has 1 fully saturated rings. The van der Waals surface area contributed by atoms with Crippen molar-refractivity contribution in [1.82, 2.24) is 0 Å². The van der Waals surface area contributed by atoms with Crippen LogP contribution in [-0.4, -0.2) is 25.1 Å². The molecule has 0 aliphatic carbocycles. The highest BCUT2D eigenvalue weighted by molar-refractivity contribution is 5.72. The van der Waals surface area contributed by atoms with Gasteiger partial charge in [-0.2, -0.15) is 0 Å². The number of ether oxygens (including phenoxy) is 3. The van der Waals surface area contributed by atoms with Crippen molar-refractivity contribution in [2.45, 2.75) is 32.8 Å². The molecule has 0 aromatic heterocycles. The lowest BCUT2D eigenvalue weighted by Crippen LogP contribution is -2.40. The zero-order chi connectivity index (χ0) is 8.27. The Labute approximate surface area is 65.9 Å². The van der Waals surface area contributed by atoms with Crippen LogP contribution in [0.5, 0.6) is 0 Å². The van der Waals surface area contributed by atoms with Gasteiger partial charge >= 0.3 is 0 Å². The number of rotatable bonds is 3. The topological polar surface area (TPSA) is 51.5 Å². The van der Waals surface area contributed by atoms with Crippen LogP contribution in [0.15, 0.2) is 0 Å². The van der Waals surface area contributed by atoms with Gasteiger partial charge in [0.25, 0.3) is 0 Å². The van der Waals surface area contributed by atoms with E-state index < -0.39 is 0 Å². The van der Waals surface area contributed by atoms with Gasteiger partial charge in [0.05, 0.1) is 13.0 Å². The Kier molecular flexibility index (Phi) is 2.84. The average molecular weight is 159 g/mol. The summed E-state index contributed by atoms with van der Waals surface area (Å²) >= 11 is 0. The molecule has 0 amide bonds. The van der Waals surface area contributed by atoms with E-state index in [9.17, 15) is 0 Å². The van der Waals surface area contributed by atoms with Gasteiger partial charge in [0, 0.05) is 0 Å². The maximum atomic E-state index is 7.24. The summed E-state index contributed by atoms with van der Waals surface area (Å²) in [6.45, 7) is 4.20. The fourth-order valence-corrected chi connectivity index (χ4v) is 0.918. The van der Waals surface area contributed by atoms with Crippen LogP contribution in [0.25, 0.3) is 0 Å². The van der Waals surface area contributed by atoms with E-state index in [0.717, 1.165) is 0 Å². The minimum atomic E-state index is -0.260. The molecule has 1 saturated heterocycles. The molecule has 0 aromatic rings. The highest BCUT2D eigenvalue weighted by Crippen LogP contribution is 2.18. The highest BCUT2D eigenvalue weighted by atomic mass is 16.9. The minimum absolute atomic E-state index is 0.116. The predicted molar refractivity (Wildman–Crippen MR) is 39.4 cm³/mol. The summed E-state index contributed by atoms with van der Waals surface area (Å²) in [5.41, 5.74) is 0. The molecule has 1 rings (SSSR count). The normalized spacial score (nSPS) is 29.3. The van der Waals surface area contributed by atoms with Gasteiger partial charge in [0.2, 0.25) is 0 Å².